The number of hydrogen-bond acceptors (Lipinski definition) is 5. The van der Waals surface area contributed by atoms with E-state index in [0.717, 1.165) is 5.56 Å². The van der Waals surface area contributed by atoms with Crippen molar-refractivity contribution in [1.29, 1.82) is 0 Å². The molecule has 0 bridgehead atoms. The number of carbonyl (C=O) groups is 1. The van der Waals surface area contributed by atoms with E-state index >= 15 is 0 Å². The molecule has 1 aromatic carbocycles. The van der Waals surface area contributed by atoms with Crippen molar-refractivity contribution in [3.63, 3.8) is 0 Å². The maximum atomic E-state index is 11.1. The predicted molar refractivity (Wildman–Crippen MR) is 67.3 cm³/mol. The lowest BCUT2D eigenvalue weighted by Gasteiger charge is -2.24. The van der Waals surface area contributed by atoms with Crippen molar-refractivity contribution >= 4 is 11.7 Å². The Kier molecular flexibility index (Phi) is 3.59. The van der Waals surface area contributed by atoms with Gasteiger partial charge in [0, 0.05) is 23.6 Å². The Hall–Kier alpha value is -2.24. The lowest BCUT2D eigenvalue weighted by Crippen LogP contribution is -2.27. The number of methoxy groups -OCH3 is 2. The fraction of sp³-hybridized carbons (Fsp3) is 0.385. The molecule has 0 heterocycles. The van der Waals surface area contributed by atoms with Crippen LogP contribution in [0.15, 0.2) is 17.3 Å². The van der Waals surface area contributed by atoms with E-state index < -0.39 is 11.9 Å². The number of ether oxygens (including phenoxy) is 2. The molecule has 0 aromatic heterocycles. The second kappa shape index (κ2) is 5.17. The number of carboxylic acids is 1. The van der Waals surface area contributed by atoms with Crippen LogP contribution in [0.3, 0.4) is 0 Å². The van der Waals surface area contributed by atoms with Crippen molar-refractivity contribution in [2.45, 2.75) is 12.8 Å². The van der Waals surface area contributed by atoms with E-state index in [4.69, 9.17) is 19.8 Å². The smallest absolute Gasteiger partial charge is 0.307 e. The molecule has 0 radical (unpaired) electrons. The minimum Gasteiger partial charge on any atom is -0.497 e. The van der Waals surface area contributed by atoms with Gasteiger partial charge in [0.25, 0.3) is 0 Å². The SMILES string of the molecule is COc1cc(OC)c2c(c1)/C(=N\O)CC(C(=O)O)C2. The summed E-state index contributed by atoms with van der Waals surface area (Å²) < 4.78 is 10.4. The largest absolute Gasteiger partial charge is 0.497 e. The first-order chi connectivity index (χ1) is 9.10. The molecule has 19 heavy (non-hydrogen) atoms. The summed E-state index contributed by atoms with van der Waals surface area (Å²) >= 11 is 0. The molecule has 0 fully saturated rings. The summed E-state index contributed by atoms with van der Waals surface area (Å²) in [5.41, 5.74) is 1.75. The second-order valence-electron chi connectivity index (χ2n) is 4.35. The Morgan fingerprint density at radius 2 is 2.05 bits per heavy atom. The van der Waals surface area contributed by atoms with Crippen LogP contribution < -0.4 is 9.47 Å². The van der Waals surface area contributed by atoms with Gasteiger partial charge in [0.1, 0.15) is 11.5 Å². The Labute approximate surface area is 110 Å². The topological polar surface area (TPSA) is 88.4 Å². The molecule has 1 aromatic rings. The third-order valence-corrected chi connectivity index (χ3v) is 3.31. The normalized spacial score (nSPS) is 19.9. The van der Waals surface area contributed by atoms with E-state index in [-0.39, 0.29) is 6.42 Å². The van der Waals surface area contributed by atoms with E-state index in [2.05, 4.69) is 5.16 Å². The van der Waals surface area contributed by atoms with Crippen LogP contribution in [0.5, 0.6) is 11.5 Å². The molecule has 1 atom stereocenters. The van der Waals surface area contributed by atoms with Gasteiger partial charge in [0.05, 0.1) is 25.8 Å². The summed E-state index contributed by atoms with van der Waals surface area (Å²) in [4.78, 5) is 11.1. The molecule has 1 aliphatic rings. The highest BCUT2D eigenvalue weighted by Crippen LogP contribution is 2.36. The fourth-order valence-corrected chi connectivity index (χ4v) is 2.32. The molecule has 0 amide bonds. The highest BCUT2D eigenvalue weighted by atomic mass is 16.5. The van der Waals surface area contributed by atoms with Gasteiger partial charge in [0.15, 0.2) is 0 Å². The van der Waals surface area contributed by atoms with Crippen LogP contribution in [0.4, 0.5) is 0 Å². The number of fused-ring (bicyclic) bond motifs is 1. The predicted octanol–water partition coefficient (Wildman–Crippen LogP) is 1.53. The van der Waals surface area contributed by atoms with E-state index in [1.54, 1.807) is 12.1 Å². The zero-order chi connectivity index (χ0) is 14.0. The van der Waals surface area contributed by atoms with Crippen LogP contribution in [0.1, 0.15) is 17.5 Å². The molecule has 102 valence electrons. The first-order valence-electron chi connectivity index (χ1n) is 5.79. The molecule has 0 saturated carbocycles. The van der Waals surface area contributed by atoms with Gasteiger partial charge in [0.2, 0.25) is 0 Å². The van der Waals surface area contributed by atoms with Gasteiger partial charge in [-0.1, -0.05) is 5.16 Å². The first kappa shape index (κ1) is 13.2. The fourth-order valence-electron chi connectivity index (χ4n) is 2.32. The van der Waals surface area contributed by atoms with Crippen LogP contribution in [-0.2, 0) is 11.2 Å². The van der Waals surface area contributed by atoms with E-state index in [9.17, 15) is 4.79 Å². The Morgan fingerprint density at radius 1 is 1.32 bits per heavy atom. The molecule has 0 spiro atoms. The Morgan fingerprint density at radius 3 is 2.58 bits per heavy atom. The standard InChI is InChI=1S/C13H15NO5/c1-18-8-5-9-10(12(6-8)19-2)3-7(13(15)16)4-11(9)14-17/h5-7,17H,3-4H2,1-2H3,(H,15,16)/b14-11-. The summed E-state index contributed by atoms with van der Waals surface area (Å²) in [5, 5.41) is 21.4. The number of benzene rings is 1. The molecule has 1 unspecified atom stereocenters. The van der Waals surface area contributed by atoms with Gasteiger partial charge in [-0.15, -0.1) is 0 Å². The molecular weight excluding hydrogens is 250 g/mol. The van der Waals surface area contributed by atoms with Crippen LogP contribution in [0.2, 0.25) is 0 Å². The third-order valence-electron chi connectivity index (χ3n) is 3.31. The highest BCUT2D eigenvalue weighted by Gasteiger charge is 2.31. The molecule has 1 aliphatic carbocycles. The van der Waals surface area contributed by atoms with Crippen LogP contribution in [-0.4, -0.2) is 36.2 Å². The number of hydrogen-bond donors (Lipinski definition) is 2. The van der Waals surface area contributed by atoms with E-state index in [0.29, 0.717) is 29.2 Å². The van der Waals surface area contributed by atoms with Crippen LogP contribution >= 0.6 is 0 Å². The van der Waals surface area contributed by atoms with Crippen molar-refractivity contribution < 1.29 is 24.6 Å². The van der Waals surface area contributed by atoms with Crippen molar-refractivity contribution in [2.75, 3.05) is 14.2 Å². The van der Waals surface area contributed by atoms with Crippen molar-refractivity contribution in [3.05, 3.63) is 23.3 Å². The maximum Gasteiger partial charge on any atom is 0.307 e. The average molecular weight is 265 g/mol. The molecule has 2 N–H and O–H groups in total. The summed E-state index contributed by atoms with van der Waals surface area (Å²) in [6.45, 7) is 0. The summed E-state index contributed by atoms with van der Waals surface area (Å²) in [6, 6.07) is 3.42. The molecule has 6 nitrogen and oxygen atoms in total. The molecule has 0 saturated heterocycles. The van der Waals surface area contributed by atoms with Gasteiger partial charge in [-0.25, -0.2) is 0 Å². The minimum atomic E-state index is -0.912. The summed E-state index contributed by atoms with van der Waals surface area (Å²) in [7, 11) is 3.04. The monoisotopic (exact) mass is 265 g/mol. The van der Waals surface area contributed by atoms with E-state index in [1.165, 1.54) is 14.2 Å². The van der Waals surface area contributed by atoms with E-state index in [1.807, 2.05) is 0 Å². The van der Waals surface area contributed by atoms with Crippen molar-refractivity contribution in [3.8, 4) is 11.5 Å². The quantitative estimate of drug-likeness (QED) is 0.639. The minimum absolute atomic E-state index is 0.190. The zero-order valence-electron chi connectivity index (χ0n) is 10.7. The number of nitrogens with zero attached hydrogens (tertiary/aromatic N) is 1. The van der Waals surface area contributed by atoms with Gasteiger partial charge < -0.3 is 19.8 Å². The average Bonchev–Trinajstić information content (AvgIpc) is 2.44. The Bertz CT molecular complexity index is 538. The number of rotatable bonds is 3. The molecular formula is C13H15NO5. The number of carboxylic acid groups (broad SMARTS) is 1. The lowest BCUT2D eigenvalue weighted by atomic mass is 9.82. The highest BCUT2D eigenvalue weighted by molar-refractivity contribution is 6.05. The zero-order valence-corrected chi connectivity index (χ0v) is 10.7. The first-order valence-corrected chi connectivity index (χ1v) is 5.79. The van der Waals surface area contributed by atoms with Crippen LogP contribution in [0.25, 0.3) is 0 Å². The van der Waals surface area contributed by atoms with Gasteiger partial charge in [-0.2, -0.15) is 0 Å². The summed E-state index contributed by atoms with van der Waals surface area (Å²) in [6.07, 6.45) is 0.534. The van der Waals surface area contributed by atoms with Gasteiger partial charge in [-0.05, 0) is 12.5 Å². The lowest BCUT2D eigenvalue weighted by molar-refractivity contribution is -0.141. The van der Waals surface area contributed by atoms with Crippen molar-refractivity contribution in [2.24, 2.45) is 11.1 Å². The molecule has 2 rings (SSSR count). The number of oxime groups is 1. The van der Waals surface area contributed by atoms with Gasteiger partial charge in [-0.3, -0.25) is 4.79 Å². The van der Waals surface area contributed by atoms with Crippen LogP contribution in [0, 0.1) is 5.92 Å². The summed E-state index contributed by atoms with van der Waals surface area (Å²) in [5.74, 6) is -0.405. The number of aliphatic carboxylic acids is 1. The Balaban J connectivity index is 2.57. The third kappa shape index (κ3) is 2.33. The molecule has 0 aliphatic heterocycles. The molecule has 6 heteroatoms. The maximum absolute atomic E-state index is 11.1. The van der Waals surface area contributed by atoms with Crippen molar-refractivity contribution in [1.82, 2.24) is 0 Å². The van der Waals surface area contributed by atoms with Gasteiger partial charge >= 0.3 is 5.97 Å². The second-order valence-corrected chi connectivity index (χ2v) is 4.35.